The average Bonchev–Trinajstić information content (AvgIpc) is 3.09. The van der Waals surface area contributed by atoms with E-state index in [0.717, 1.165) is 13.0 Å². The summed E-state index contributed by atoms with van der Waals surface area (Å²) in [6.45, 7) is 0.773. The van der Waals surface area contributed by atoms with Gasteiger partial charge in [-0.15, -0.1) is 0 Å². The van der Waals surface area contributed by atoms with Gasteiger partial charge in [-0.25, -0.2) is 0 Å². The van der Waals surface area contributed by atoms with E-state index in [0.29, 0.717) is 0 Å². The van der Waals surface area contributed by atoms with Gasteiger partial charge in [-0.2, -0.15) is 0 Å². The molecule has 0 amide bonds. The number of benzene rings is 2. The second-order valence-electron chi connectivity index (χ2n) is 7.25. The summed E-state index contributed by atoms with van der Waals surface area (Å²) in [5.41, 5.74) is 4.35. The van der Waals surface area contributed by atoms with Crippen LogP contribution in [-0.4, -0.2) is 12.7 Å². The normalized spacial score (nSPS) is 23.2. The molecule has 0 spiro atoms. The van der Waals surface area contributed by atoms with Gasteiger partial charge in [0.1, 0.15) is 0 Å². The molecule has 1 heterocycles. The molecule has 2 aromatic carbocycles. The standard InChI is InChI=1S/C23H26O/c1-4-10-19(11-5-1)16-22-17-23(18-24-22,20-12-6-2-7-13-20)21-14-8-3-9-15-21/h2-3,6-9,12-16,22H,1,4-5,10-11,17-18H2. The van der Waals surface area contributed by atoms with Gasteiger partial charge in [0.15, 0.2) is 0 Å². The first-order valence-electron chi connectivity index (χ1n) is 9.29. The van der Waals surface area contributed by atoms with E-state index in [4.69, 9.17) is 4.74 Å². The molecular weight excluding hydrogens is 292 g/mol. The van der Waals surface area contributed by atoms with Gasteiger partial charge in [0, 0.05) is 5.41 Å². The second-order valence-corrected chi connectivity index (χ2v) is 7.25. The maximum Gasteiger partial charge on any atom is 0.0771 e. The number of rotatable bonds is 3. The van der Waals surface area contributed by atoms with Gasteiger partial charge in [-0.1, -0.05) is 78.7 Å². The quantitative estimate of drug-likeness (QED) is 0.664. The van der Waals surface area contributed by atoms with Gasteiger partial charge in [0.2, 0.25) is 0 Å². The molecule has 1 aliphatic heterocycles. The fourth-order valence-corrected chi connectivity index (χ4v) is 4.34. The van der Waals surface area contributed by atoms with Crippen LogP contribution < -0.4 is 0 Å². The Kier molecular flexibility index (Phi) is 4.53. The fraction of sp³-hybridized carbons (Fsp3) is 0.391. The smallest absolute Gasteiger partial charge is 0.0771 e. The minimum Gasteiger partial charge on any atom is -0.373 e. The predicted molar refractivity (Wildman–Crippen MR) is 99.2 cm³/mol. The van der Waals surface area contributed by atoms with Gasteiger partial charge >= 0.3 is 0 Å². The van der Waals surface area contributed by atoms with Crippen molar-refractivity contribution in [3.8, 4) is 0 Å². The lowest BCUT2D eigenvalue weighted by Crippen LogP contribution is -2.28. The van der Waals surface area contributed by atoms with E-state index in [-0.39, 0.29) is 11.5 Å². The third kappa shape index (κ3) is 3.06. The van der Waals surface area contributed by atoms with Gasteiger partial charge in [-0.05, 0) is 43.2 Å². The van der Waals surface area contributed by atoms with Crippen LogP contribution in [0.5, 0.6) is 0 Å². The van der Waals surface area contributed by atoms with Crippen LogP contribution in [0.2, 0.25) is 0 Å². The third-order valence-electron chi connectivity index (χ3n) is 5.66. The Morgan fingerprint density at radius 3 is 1.96 bits per heavy atom. The number of ether oxygens (including phenoxy) is 1. The Morgan fingerprint density at radius 1 is 0.792 bits per heavy atom. The molecule has 0 aromatic heterocycles. The van der Waals surface area contributed by atoms with Gasteiger partial charge in [-0.3, -0.25) is 0 Å². The molecule has 1 nitrogen and oxygen atoms in total. The van der Waals surface area contributed by atoms with E-state index >= 15 is 0 Å². The molecule has 1 heteroatoms. The summed E-state index contributed by atoms with van der Waals surface area (Å²) in [6, 6.07) is 21.8. The molecule has 1 saturated carbocycles. The molecule has 1 saturated heterocycles. The van der Waals surface area contributed by atoms with Crippen molar-refractivity contribution in [1.29, 1.82) is 0 Å². The summed E-state index contributed by atoms with van der Waals surface area (Å²) in [6.07, 6.45) is 10.4. The zero-order valence-corrected chi connectivity index (χ0v) is 14.3. The minimum absolute atomic E-state index is 0.0150. The second kappa shape index (κ2) is 6.94. The van der Waals surface area contributed by atoms with Crippen molar-refractivity contribution in [2.75, 3.05) is 6.61 Å². The largest absolute Gasteiger partial charge is 0.373 e. The van der Waals surface area contributed by atoms with Crippen molar-refractivity contribution in [3.05, 3.63) is 83.4 Å². The van der Waals surface area contributed by atoms with Crippen LogP contribution in [0.4, 0.5) is 0 Å². The SMILES string of the molecule is C(=C1CCCCC1)C1CC(c2ccccc2)(c2ccccc2)CO1. The molecule has 2 aliphatic rings. The van der Waals surface area contributed by atoms with Crippen LogP contribution in [0, 0.1) is 0 Å². The Labute approximate surface area is 145 Å². The highest BCUT2D eigenvalue weighted by molar-refractivity contribution is 5.41. The lowest BCUT2D eigenvalue weighted by atomic mass is 9.73. The fourth-order valence-electron chi connectivity index (χ4n) is 4.34. The topological polar surface area (TPSA) is 9.23 Å². The van der Waals surface area contributed by atoms with E-state index < -0.39 is 0 Å². The van der Waals surface area contributed by atoms with Gasteiger partial charge in [0.25, 0.3) is 0 Å². The lowest BCUT2D eigenvalue weighted by Gasteiger charge is -2.29. The first-order valence-corrected chi connectivity index (χ1v) is 9.29. The lowest BCUT2D eigenvalue weighted by molar-refractivity contribution is 0.137. The van der Waals surface area contributed by atoms with Crippen LogP contribution in [-0.2, 0) is 10.2 Å². The molecule has 4 rings (SSSR count). The summed E-state index contributed by atoms with van der Waals surface area (Å²) in [5.74, 6) is 0. The van der Waals surface area contributed by atoms with Crippen LogP contribution >= 0.6 is 0 Å². The highest BCUT2D eigenvalue weighted by atomic mass is 16.5. The Hall–Kier alpha value is -1.86. The van der Waals surface area contributed by atoms with Crippen molar-refractivity contribution < 1.29 is 4.74 Å². The summed E-state index contributed by atoms with van der Waals surface area (Å²) in [7, 11) is 0. The van der Waals surface area contributed by atoms with E-state index in [2.05, 4.69) is 66.7 Å². The van der Waals surface area contributed by atoms with E-state index in [1.54, 1.807) is 5.57 Å². The molecule has 2 aromatic rings. The maximum absolute atomic E-state index is 6.30. The molecule has 1 aliphatic carbocycles. The Bertz CT molecular complexity index is 639. The molecule has 24 heavy (non-hydrogen) atoms. The van der Waals surface area contributed by atoms with E-state index in [1.165, 1.54) is 43.2 Å². The maximum atomic E-state index is 6.30. The molecule has 2 fully saturated rings. The van der Waals surface area contributed by atoms with Gasteiger partial charge in [0.05, 0.1) is 12.7 Å². The predicted octanol–water partition coefficient (Wildman–Crippen LogP) is 5.65. The van der Waals surface area contributed by atoms with Crippen LogP contribution in [0.3, 0.4) is 0 Å². The summed E-state index contributed by atoms with van der Waals surface area (Å²) >= 11 is 0. The summed E-state index contributed by atoms with van der Waals surface area (Å²) in [4.78, 5) is 0. The summed E-state index contributed by atoms with van der Waals surface area (Å²) < 4.78 is 6.30. The number of allylic oxidation sites excluding steroid dienone is 1. The molecule has 0 bridgehead atoms. The third-order valence-corrected chi connectivity index (χ3v) is 5.66. The van der Waals surface area contributed by atoms with E-state index in [9.17, 15) is 0 Å². The molecule has 124 valence electrons. The first kappa shape index (κ1) is 15.7. The Balaban J connectivity index is 1.66. The van der Waals surface area contributed by atoms with Crippen molar-refractivity contribution in [3.63, 3.8) is 0 Å². The van der Waals surface area contributed by atoms with Crippen LogP contribution in [0.1, 0.15) is 49.7 Å². The number of hydrogen-bond donors (Lipinski definition) is 0. The van der Waals surface area contributed by atoms with Crippen LogP contribution in [0.15, 0.2) is 72.3 Å². The van der Waals surface area contributed by atoms with Crippen molar-refractivity contribution in [2.24, 2.45) is 0 Å². The zero-order valence-electron chi connectivity index (χ0n) is 14.3. The van der Waals surface area contributed by atoms with Crippen LogP contribution in [0.25, 0.3) is 0 Å². The first-order chi connectivity index (χ1) is 11.9. The Morgan fingerprint density at radius 2 is 1.38 bits per heavy atom. The van der Waals surface area contributed by atoms with E-state index in [1.807, 2.05) is 0 Å². The molecule has 0 radical (unpaired) electrons. The number of hydrogen-bond acceptors (Lipinski definition) is 1. The highest BCUT2D eigenvalue weighted by Crippen LogP contribution is 2.43. The highest BCUT2D eigenvalue weighted by Gasteiger charge is 2.42. The summed E-state index contributed by atoms with van der Waals surface area (Å²) in [5, 5.41) is 0. The monoisotopic (exact) mass is 318 g/mol. The van der Waals surface area contributed by atoms with Crippen molar-refractivity contribution >= 4 is 0 Å². The van der Waals surface area contributed by atoms with Crippen molar-refractivity contribution in [1.82, 2.24) is 0 Å². The molecule has 1 atom stereocenters. The molecule has 1 unspecified atom stereocenters. The van der Waals surface area contributed by atoms with Gasteiger partial charge < -0.3 is 4.74 Å². The molecule has 0 N–H and O–H groups in total. The average molecular weight is 318 g/mol. The minimum atomic E-state index is -0.0150. The van der Waals surface area contributed by atoms with Crippen molar-refractivity contribution in [2.45, 2.75) is 50.0 Å². The molecular formula is C23H26O. The zero-order chi connectivity index (χ0) is 16.2.